The van der Waals surface area contributed by atoms with Gasteiger partial charge in [0, 0.05) is 12.8 Å². The topological polar surface area (TPSA) is 186 Å². The maximum Gasteiger partial charge on any atom is 0.306 e. The van der Waals surface area contributed by atoms with Gasteiger partial charge in [-0.2, -0.15) is 8.42 Å². The van der Waals surface area contributed by atoms with Crippen molar-refractivity contribution in [1.29, 1.82) is 0 Å². The second kappa shape index (κ2) is 29.1. The summed E-state index contributed by atoms with van der Waals surface area (Å²) in [4.78, 5) is 25.1. The van der Waals surface area contributed by atoms with Crippen molar-refractivity contribution in [1.82, 2.24) is 0 Å². The number of aliphatic hydroxyl groups is 3. The van der Waals surface area contributed by atoms with Crippen LogP contribution >= 0.6 is 0 Å². The summed E-state index contributed by atoms with van der Waals surface area (Å²) in [5.41, 5.74) is 0. The van der Waals surface area contributed by atoms with Crippen molar-refractivity contribution < 1.29 is 56.8 Å². The highest BCUT2D eigenvalue weighted by molar-refractivity contribution is 7.85. The van der Waals surface area contributed by atoms with Crippen molar-refractivity contribution in [3.05, 3.63) is 48.6 Å². The predicted octanol–water partition coefficient (Wildman–Crippen LogP) is 6.05. The fraction of sp³-hybridized carbons (Fsp3) is 0.737. The normalized spacial score (nSPS) is 22.0. The zero-order valence-electron chi connectivity index (χ0n) is 30.7. The Kier molecular flexibility index (Phi) is 26.6. The zero-order valence-corrected chi connectivity index (χ0v) is 31.5. The molecule has 51 heavy (non-hydrogen) atoms. The van der Waals surface area contributed by atoms with Gasteiger partial charge in [-0.05, 0) is 32.1 Å². The maximum atomic E-state index is 12.7. The van der Waals surface area contributed by atoms with Crippen LogP contribution in [0.15, 0.2) is 48.6 Å². The first-order chi connectivity index (χ1) is 24.5. The molecule has 13 heteroatoms. The Hall–Kier alpha value is -2.39. The number of hydrogen-bond donors (Lipinski definition) is 4. The minimum absolute atomic E-state index is 0.137. The van der Waals surface area contributed by atoms with Crippen molar-refractivity contribution in [2.45, 2.75) is 160 Å². The Morgan fingerprint density at radius 1 is 0.686 bits per heavy atom. The van der Waals surface area contributed by atoms with Crippen molar-refractivity contribution in [2.24, 2.45) is 0 Å². The molecule has 2 unspecified atom stereocenters. The van der Waals surface area contributed by atoms with Crippen LogP contribution in [0.3, 0.4) is 0 Å². The molecule has 0 amide bonds. The zero-order chi connectivity index (χ0) is 37.7. The van der Waals surface area contributed by atoms with Gasteiger partial charge in [0.15, 0.2) is 12.4 Å². The molecule has 0 aromatic heterocycles. The Labute approximate surface area is 305 Å². The smallest absolute Gasteiger partial charge is 0.306 e. The molecule has 12 nitrogen and oxygen atoms in total. The van der Waals surface area contributed by atoms with E-state index in [9.17, 15) is 37.9 Å². The molecule has 1 aliphatic rings. The fourth-order valence-corrected chi connectivity index (χ4v) is 6.02. The van der Waals surface area contributed by atoms with Crippen LogP contribution < -0.4 is 0 Å². The lowest BCUT2D eigenvalue weighted by Crippen LogP contribution is -2.60. The molecule has 4 N–H and O–H groups in total. The third-order valence-corrected chi connectivity index (χ3v) is 9.02. The standard InChI is InChI=1S/C38H64O12S/c1-3-5-7-9-11-13-14-15-16-17-18-19-21-23-25-27-34(40)49-31(28-47-33(39)26-24-22-20-12-10-8-6-4-2)29-48-38-37(43)36(42)35(41)32(50-38)30-51(44,45)46/h5,7,9,11,13-16,31-32,35-38,41-43H,3-4,6,8,10,12,17-30H2,1-2H3,(H,44,45,46)/b7-5+,11-9+,14-13+,16-15+/t31-,32-,35-,36?,37?,38+/m1/s1. The van der Waals surface area contributed by atoms with Crippen molar-refractivity contribution in [3.8, 4) is 0 Å². The lowest BCUT2D eigenvalue weighted by Gasteiger charge is -2.40. The van der Waals surface area contributed by atoms with Gasteiger partial charge in [0.05, 0.1) is 6.61 Å². The monoisotopic (exact) mass is 744 g/mol. The van der Waals surface area contributed by atoms with Crippen molar-refractivity contribution in [2.75, 3.05) is 19.0 Å². The van der Waals surface area contributed by atoms with Gasteiger partial charge in [0.2, 0.25) is 0 Å². The third kappa shape index (κ3) is 24.5. The van der Waals surface area contributed by atoms with E-state index in [0.717, 1.165) is 57.8 Å². The molecule has 6 atom stereocenters. The van der Waals surface area contributed by atoms with E-state index in [1.54, 1.807) is 0 Å². The first-order valence-electron chi connectivity index (χ1n) is 18.7. The van der Waals surface area contributed by atoms with E-state index in [-0.39, 0.29) is 19.4 Å². The maximum absolute atomic E-state index is 12.7. The molecule has 0 aromatic carbocycles. The van der Waals surface area contributed by atoms with Crippen LogP contribution in [0.2, 0.25) is 0 Å². The first-order valence-corrected chi connectivity index (χ1v) is 20.4. The van der Waals surface area contributed by atoms with E-state index >= 15 is 0 Å². The summed E-state index contributed by atoms with van der Waals surface area (Å²) in [7, 11) is -4.60. The van der Waals surface area contributed by atoms with E-state index in [1.807, 2.05) is 36.5 Å². The number of esters is 2. The highest BCUT2D eigenvalue weighted by Crippen LogP contribution is 2.24. The van der Waals surface area contributed by atoms with Gasteiger partial charge in [0.25, 0.3) is 10.1 Å². The number of unbranched alkanes of at least 4 members (excludes halogenated alkanes) is 12. The number of carbonyl (C=O) groups excluding carboxylic acids is 2. The van der Waals surface area contributed by atoms with Gasteiger partial charge >= 0.3 is 11.9 Å². The molecule has 0 aliphatic carbocycles. The van der Waals surface area contributed by atoms with E-state index in [4.69, 9.17) is 18.9 Å². The summed E-state index contributed by atoms with van der Waals surface area (Å²) < 4.78 is 53.7. The molecule has 0 bridgehead atoms. The molecule has 1 fully saturated rings. The number of ether oxygens (including phenoxy) is 4. The Balaban J connectivity index is 2.55. The minimum Gasteiger partial charge on any atom is -0.462 e. The van der Waals surface area contributed by atoms with Crippen molar-refractivity contribution in [3.63, 3.8) is 0 Å². The molecule has 1 heterocycles. The predicted molar refractivity (Wildman–Crippen MR) is 196 cm³/mol. The van der Waals surface area contributed by atoms with Crippen LogP contribution in [0.25, 0.3) is 0 Å². The van der Waals surface area contributed by atoms with E-state index in [1.165, 1.54) is 25.7 Å². The molecule has 0 spiro atoms. The summed E-state index contributed by atoms with van der Waals surface area (Å²) in [6.07, 6.45) is 21.9. The van der Waals surface area contributed by atoms with Crippen LogP contribution in [0.1, 0.15) is 123 Å². The first kappa shape index (κ1) is 46.6. The van der Waals surface area contributed by atoms with Crippen LogP contribution in [0, 0.1) is 0 Å². The third-order valence-electron chi connectivity index (χ3n) is 8.27. The summed E-state index contributed by atoms with van der Waals surface area (Å²) in [6.45, 7) is 3.52. The number of hydrogen-bond acceptors (Lipinski definition) is 11. The van der Waals surface area contributed by atoms with Gasteiger partial charge in [-0.3, -0.25) is 14.1 Å². The number of allylic oxidation sites excluding steroid dienone is 8. The van der Waals surface area contributed by atoms with Gasteiger partial charge in [-0.1, -0.05) is 127 Å². The molecule has 0 aromatic rings. The second-order valence-corrected chi connectivity index (χ2v) is 14.5. The molecule has 1 rings (SSSR count). The van der Waals surface area contributed by atoms with Crippen LogP contribution in [-0.2, 0) is 38.7 Å². The average Bonchev–Trinajstić information content (AvgIpc) is 3.09. The SMILES string of the molecule is CC/C=C/C=C/C=C/C=C/CCCCCCCC(=O)O[C@H](COC(=O)CCCCCCCCCC)CO[C@H]1O[C@H](CS(=O)(=O)O)[C@@H](O)C(O)C1O. The van der Waals surface area contributed by atoms with Gasteiger partial charge in [-0.15, -0.1) is 0 Å². The van der Waals surface area contributed by atoms with E-state index < -0.39 is 71.2 Å². The Morgan fingerprint density at radius 3 is 1.84 bits per heavy atom. The number of rotatable bonds is 29. The van der Waals surface area contributed by atoms with Crippen molar-refractivity contribution >= 4 is 22.1 Å². The molecule has 0 radical (unpaired) electrons. The molecule has 294 valence electrons. The van der Waals surface area contributed by atoms with Crippen LogP contribution in [0.5, 0.6) is 0 Å². The Morgan fingerprint density at radius 2 is 1.24 bits per heavy atom. The molecule has 1 aliphatic heterocycles. The summed E-state index contributed by atoms with van der Waals surface area (Å²) in [5, 5.41) is 30.7. The van der Waals surface area contributed by atoms with E-state index in [0.29, 0.717) is 12.8 Å². The molecular weight excluding hydrogens is 680 g/mol. The Bertz CT molecular complexity index is 1150. The minimum atomic E-state index is -4.60. The van der Waals surface area contributed by atoms with Crippen LogP contribution in [0.4, 0.5) is 0 Å². The van der Waals surface area contributed by atoms with Gasteiger partial charge < -0.3 is 34.3 Å². The van der Waals surface area contributed by atoms with Gasteiger partial charge in [0.1, 0.15) is 36.8 Å². The second-order valence-electron chi connectivity index (χ2n) is 13.0. The molecule has 1 saturated heterocycles. The summed E-state index contributed by atoms with van der Waals surface area (Å²) in [6, 6.07) is 0. The highest BCUT2D eigenvalue weighted by Gasteiger charge is 2.46. The highest BCUT2D eigenvalue weighted by atomic mass is 32.2. The lowest BCUT2D eigenvalue weighted by atomic mass is 10.00. The fourth-order valence-electron chi connectivity index (χ4n) is 5.33. The number of aliphatic hydroxyl groups excluding tert-OH is 3. The largest absolute Gasteiger partial charge is 0.462 e. The summed E-state index contributed by atoms with van der Waals surface area (Å²) >= 11 is 0. The van der Waals surface area contributed by atoms with Crippen LogP contribution in [-0.4, -0.2) is 96.0 Å². The van der Waals surface area contributed by atoms with Gasteiger partial charge in [-0.25, -0.2) is 0 Å². The number of carbonyl (C=O) groups is 2. The lowest BCUT2D eigenvalue weighted by molar-refractivity contribution is -0.297. The quantitative estimate of drug-likeness (QED) is 0.0301. The average molecular weight is 745 g/mol. The summed E-state index contributed by atoms with van der Waals surface area (Å²) in [5.74, 6) is -2.03. The molecular formula is C38H64O12S. The molecule has 0 saturated carbocycles. The van der Waals surface area contributed by atoms with E-state index in [2.05, 4.69) is 26.0 Å².